The summed E-state index contributed by atoms with van der Waals surface area (Å²) in [5.41, 5.74) is 0. The highest BCUT2D eigenvalue weighted by Gasteiger charge is 2.28. The van der Waals surface area contributed by atoms with Crippen molar-refractivity contribution in [2.75, 3.05) is 0 Å². The van der Waals surface area contributed by atoms with Crippen molar-refractivity contribution in [1.82, 2.24) is 10.6 Å². The molecule has 0 bridgehead atoms. The van der Waals surface area contributed by atoms with E-state index in [-0.39, 0.29) is 54.2 Å². The molecule has 0 aliphatic carbocycles. The SMILES string of the molecule is CC(C)CC(NC(C)C)C(=O)OC(C)CC(C)N[C@H](C(=O)OC(C)C)C(C)C. The topological polar surface area (TPSA) is 76.7 Å². The van der Waals surface area contributed by atoms with Crippen LogP contribution in [-0.4, -0.2) is 48.3 Å². The summed E-state index contributed by atoms with van der Waals surface area (Å²) in [6, 6.07) is -0.450. The van der Waals surface area contributed by atoms with Crippen molar-refractivity contribution in [3.63, 3.8) is 0 Å². The Morgan fingerprint density at radius 3 is 1.75 bits per heavy atom. The molecular weight excluding hydrogens is 356 g/mol. The van der Waals surface area contributed by atoms with E-state index >= 15 is 0 Å². The van der Waals surface area contributed by atoms with Gasteiger partial charge in [-0.15, -0.1) is 0 Å². The number of carbonyl (C=O) groups excluding carboxylic acids is 2. The fourth-order valence-corrected chi connectivity index (χ4v) is 3.15. The largest absolute Gasteiger partial charge is 0.462 e. The molecule has 6 heteroatoms. The Kier molecular flexibility index (Phi) is 12.6. The third kappa shape index (κ3) is 11.6. The number of carbonyl (C=O) groups is 2. The van der Waals surface area contributed by atoms with Crippen molar-refractivity contribution >= 4 is 11.9 Å². The van der Waals surface area contributed by atoms with Gasteiger partial charge in [0.25, 0.3) is 0 Å². The van der Waals surface area contributed by atoms with E-state index in [9.17, 15) is 9.59 Å². The molecule has 166 valence electrons. The Bertz CT molecular complexity index is 453. The zero-order chi connectivity index (χ0) is 22.0. The third-order valence-corrected chi connectivity index (χ3v) is 4.27. The molecule has 0 fully saturated rings. The minimum absolute atomic E-state index is 0.0107. The summed E-state index contributed by atoms with van der Waals surface area (Å²) in [4.78, 5) is 24.9. The molecule has 0 heterocycles. The van der Waals surface area contributed by atoms with Crippen molar-refractivity contribution in [1.29, 1.82) is 0 Å². The van der Waals surface area contributed by atoms with E-state index in [1.54, 1.807) is 0 Å². The first kappa shape index (κ1) is 26.9. The molecule has 0 aromatic heterocycles. The summed E-state index contributed by atoms with van der Waals surface area (Å²) < 4.78 is 11.0. The number of esters is 2. The molecule has 0 radical (unpaired) electrons. The molecule has 3 unspecified atom stereocenters. The molecule has 28 heavy (non-hydrogen) atoms. The van der Waals surface area contributed by atoms with Gasteiger partial charge in [0.1, 0.15) is 18.2 Å². The summed E-state index contributed by atoms with van der Waals surface area (Å²) in [5, 5.41) is 6.64. The van der Waals surface area contributed by atoms with E-state index in [4.69, 9.17) is 9.47 Å². The molecule has 0 amide bonds. The van der Waals surface area contributed by atoms with E-state index in [0.29, 0.717) is 12.3 Å². The Labute approximate surface area is 172 Å². The van der Waals surface area contributed by atoms with Gasteiger partial charge in [0.2, 0.25) is 0 Å². The number of ether oxygens (including phenoxy) is 2. The summed E-state index contributed by atoms with van der Waals surface area (Å²) in [5.74, 6) is 0.0667. The molecule has 0 saturated carbocycles. The molecule has 0 aromatic carbocycles. The molecule has 0 aliphatic rings. The second-order valence-corrected chi connectivity index (χ2v) is 9.26. The van der Waals surface area contributed by atoms with Gasteiger partial charge in [0.15, 0.2) is 0 Å². The molecule has 0 saturated heterocycles. The minimum atomic E-state index is -0.378. The highest BCUT2D eigenvalue weighted by molar-refractivity contribution is 5.76. The van der Waals surface area contributed by atoms with Crippen LogP contribution in [0.4, 0.5) is 0 Å². The minimum Gasteiger partial charge on any atom is -0.462 e. The van der Waals surface area contributed by atoms with Crippen LogP contribution in [-0.2, 0) is 19.1 Å². The lowest BCUT2D eigenvalue weighted by Gasteiger charge is -2.28. The third-order valence-electron chi connectivity index (χ3n) is 4.27. The number of hydrogen-bond acceptors (Lipinski definition) is 6. The van der Waals surface area contributed by atoms with E-state index in [1.165, 1.54) is 0 Å². The van der Waals surface area contributed by atoms with Crippen LogP contribution in [0.15, 0.2) is 0 Å². The molecule has 0 spiro atoms. The predicted octanol–water partition coefficient (Wildman–Crippen LogP) is 3.68. The number of rotatable bonds is 13. The molecule has 0 aliphatic heterocycles. The summed E-state index contributed by atoms with van der Waals surface area (Å²) >= 11 is 0. The molecule has 0 rings (SSSR count). The van der Waals surface area contributed by atoms with E-state index < -0.39 is 0 Å². The normalized spacial score (nSPS) is 16.4. The summed E-state index contributed by atoms with van der Waals surface area (Å²) in [6.07, 6.45) is 0.984. The predicted molar refractivity (Wildman–Crippen MR) is 114 cm³/mol. The highest BCUT2D eigenvalue weighted by Crippen LogP contribution is 2.13. The number of nitrogens with one attached hydrogen (secondary N) is 2. The highest BCUT2D eigenvalue weighted by atomic mass is 16.5. The second-order valence-electron chi connectivity index (χ2n) is 9.26. The smallest absolute Gasteiger partial charge is 0.323 e. The van der Waals surface area contributed by atoms with Crippen LogP contribution >= 0.6 is 0 Å². The maximum Gasteiger partial charge on any atom is 0.323 e. The first-order chi connectivity index (χ1) is 12.8. The standard InChI is InChI=1S/C22H44N2O4/c1-13(2)11-19(23-15(5)6)21(25)28-18(10)12-17(9)24-20(14(3)4)22(26)27-16(7)8/h13-20,23-24H,11-12H2,1-10H3/t17?,18?,19?,20-/m0/s1. The van der Waals surface area contributed by atoms with Crippen LogP contribution in [0.5, 0.6) is 0 Å². The number of hydrogen-bond donors (Lipinski definition) is 2. The first-order valence-electron chi connectivity index (χ1n) is 10.8. The maximum absolute atomic E-state index is 12.6. The maximum atomic E-state index is 12.6. The van der Waals surface area contributed by atoms with Crippen molar-refractivity contribution in [3.8, 4) is 0 Å². The van der Waals surface area contributed by atoms with Gasteiger partial charge in [-0.2, -0.15) is 0 Å². The Hall–Kier alpha value is -1.14. The van der Waals surface area contributed by atoms with Crippen LogP contribution in [0.1, 0.15) is 82.1 Å². The fraction of sp³-hybridized carbons (Fsp3) is 0.909. The van der Waals surface area contributed by atoms with Gasteiger partial charge in [-0.3, -0.25) is 9.59 Å². The average Bonchev–Trinajstić information content (AvgIpc) is 2.49. The Morgan fingerprint density at radius 2 is 1.32 bits per heavy atom. The van der Waals surface area contributed by atoms with Gasteiger partial charge >= 0.3 is 11.9 Å². The van der Waals surface area contributed by atoms with Crippen molar-refractivity contribution in [2.24, 2.45) is 11.8 Å². The molecule has 2 N–H and O–H groups in total. The van der Waals surface area contributed by atoms with E-state index in [1.807, 2.05) is 55.4 Å². The lowest BCUT2D eigenvalue weighted by molar-refractivity contribution is -0.154. The Balaban J connectivity index is 4.74. The molecule has 4 atom stereocenters. The van der Waals surface area contributed by atoms with Crippen LogP contribution < -0.4 is 10.6 Å². The van der Waals surface area contributed by atoms with Crippen molar-refractivity contribution in [3.05, 3.63) is 0 Å². The first-order valence-corrected chi connectivity index (χ1v) is 10.8. The second kappa shape index (κ2) is 13.2. The van der Waals surface area contributed by atoms with Crippen molar-refractivity contribution < 1.29 is 19.1 Å². The molecular formula is C22H44N2O4. The van der Waals surface area contributed by atoms with Gasteiger partial charge < -0.3 is 20.1 Å². The lowest BCUT2D eigenvalue weighted by atomic mass is 10.0. The molecule has 6 nitrogen and oxygen atoms in total. The van der Waals surface area contributed by atoms with Gasteiger partial charge in [0.05, 0.1) is 6.10 Å². The van der Waals surface area contributed by atoms with Gasteiger partial charge in [0, 0.05) is 12.1 Å². The summed E-state index contributed by atoms with van der Waals surface area (Å²) in [7, 11) is 0. The lowest BCUT2D eigenvalue weighted by Crippen LogP contribution is -2.48. The summed E-state index contributed by atoms with van der Waals surface area (Å²) in [6.45, 7) is 19.8. The average molecular weight is 401 g/mol. The van der Waals surface area contributed by atoms with Crippen molar-refractivity contribution in [2.45, 2.75) is 118 Å². The fourth-order valence-electron chi connectivity index (χ4n) is 3.15. The zero-order valence-corrected chi connectivity index (χ0v) is 19.7. The monoisotopic (exact) mass is 400 g/mol. The quantitative estimate of drug-likeness (QED) is 0.459. The van der Waals surface area contributed by atoms with Crippen LogP contribution in [0.25, 0.3) is 0 Å². The van der Waals surface area contributed by atoms with Crippen LogP contribution in [0.2, 0.25) is 0 Å². The van der Waals surface area contributed by atoms with E-state index in [2.05, 4.69) is 24.5 Å². The Morgan fingerprint density at radius 1 is 0.750 bits per heavy atom. The van der Waals surface area contributed by atoms with Crippen LogP contribution in [0.3, 0.4) is 0 Å². The molecule has 0 aromatic rings. The van der Waals surface area contributed by atoms with E-state index in [0.717, 1.165) is 6.42 Å². The van der Waals surface area contributed by atoms with Gasteiger partial charge in [-0.1, -0.05) is 41.5 Å². The van der Waals surface area contributed by atoms with Gasteiger partial charge in [-0.25, -0.2) is 0 Å². The van der Waals surface area contributed by atoms with Crippen LogP contribution in [0, 0.1) is 11.8 Å². The van der Waals surface area contributed by atoms with Gasteiger partial charge in [-0.05, 0) is 52.4 Å². The zero-order valence-electron chi connectivity index (χ0n) is 19.7.